The Hall–Kier alpha value is -1.22. The SMILES string of the molecule is CC(C)CCN(C)C(=O)c1cc(N)ccc1Cl. The summed E-state index contributed by atoms with van der Waals surface area (Å²) in [5, 5.41) is 0.445. The van der Waals surface area contributed by atoms with Crippen molar-refractivity contribution in [2.75, 3.05) is 19.3 Å². The zero-order valence-corrected chi connectivity index (χ0v) is 11.3. The number of hydrogen-bond acceptors (Lipinski definition) is 2. The quantitative estimate of drug-likeness (QED) is 0.840. The minimum Gasteiger partial charge on any atom is -0.399 e. The van der Waals surface area contributed by atoms with E-state index in [1.165, 1.54) is 0 Å². The molecule has 4 heteroatoms. The summed E-state index contributed by atoms with van der Waals surface area (Å²) in [6, 6.07) is 4.96. The predicted molar refractivity (Wildman–Crippen MR) is 72.3 cm³/mol. The van der Waals surface area contributed by atoms with Crippen LogP contribution in [0.5, 0.6) is 0 Å². The number of nitrogens with zero attached hydrogens (tertiary/aromatic N) is 1. The molecule has 0 aliphatic rings. The van der Waals surface area contributed by atoms with Gasteiger partial charge in [-0.2, -0.15) is 0 Å². The normalized spacial score (nSPS) is 10.6. The van der Waals surface area contributed by atoms with Gasteiger partial charge in [0, 0.05) is 19.3 Å². The summed E-state index contributed by atoms with van der Waals surface area (Å²) in [6.45, 7) is 4.99. The van der Waals surface area contributed by atoms with Gasteiger partial charge in [-0.05, 0) is 30.5 Å². The molecule has 0 saturated carbocycles. The molecule has 0 unspecified atom stereocenters. The van der Waals surface area contributed by atoms with Gasteiger partial charge in [0.05, 0.1) is 10.6 Å². The number of amides is 1. The summed E-state index contributed by atoms with van der Waals surface area (Å²) in [6.07, 6.45) is 0.974. The maximum Gasteiger partial charge on any atom is 0.255 e. The van der Waals surface area contributed by atoms with E-state index in [9.17, 15) is 4.79 Å². The third-order valence-corrected chi connectivity index (χ3v) is 2.94. The van der Waals surface area contributed by atoms with E-state index < -0.39 is 0 Å². The lowest BCUT2D eigenvalue weighted by molar-refractivity contribution is 0.0789. The Bertz CT molecular complexity index is 404. The maximum atomic E-state index is 12.1. The predicted octanol–water partition coefficient (Wildman–Crippen LogP) is 3.04. The molecule has 94 valence electrons. The molecule has 0 radical (unpaired) electrons. The van der Waals surface area contributed by atoms with Gasteiger partial charge in [0.2, 0.25) is 0 Å². The van der Waals surface area contributed by atoms with Crippen LogP contribution in [0.25, 0.3) is 0 Å². The van der Waals surface area contributed by atoms with Crippen LogP contribution in [-0.2, 0) is 0 Å². The Morgan fingerprint density at radius 2 is 2.12 bits per heavy atom. The number of anilines is 1. The molecule has 2 N–H and O–H groups in total. The first-order valence-corrected chi connectivity index (χ1v) is 6.10. The van der Waals surface area contributed by atoms with Crippen molar-refractivity contribution in [3.63, 3.8) is 0 Å². The van der Waals surface area contributed by atoms with E-state index in [2.05, 4.69) is 13.8 Å². The van der Waals surface area contributed by atoms with Crippen molar-refractivity contribution < 1.29 is 4.79 Å². The minimum atomic E-state index is -0.0806. The molecule has 0 saturated heterocycles. The van der Waals surface area contributed by atoms with E-state index >= 15 is 0 Å². The fourth-order valence-electron chi connectivity index (χ4n) is 1.47. The average Bonchev–Trinajstić information content (AvgIpc) is 2.28. The van der Waals surface area contributed by atoms with Gasteiger partial charge in [-0.3, -0.25) is 4.79 Å². The molecule has 0 bridgehead atoms. The molecule has 0 aromatic heterocycles. The van der Waals surface area contributed by atoms with E-state index in [4.69, 9.17) is 17.3 Å². The van der Waals surface area contributed by atoms with Crippen molar-refractivity contribution in [3.8, 4) is 0 Å². The van der Waals surface area contributed by atoms with E-state index in [1.54, 1.807) is 30.1 Å². The van der Waals surface area contributed by atoms with Crippen LogP contribution in [0.1, 0.15) is 30.6 Å². The second-order valence-electron chi connectivity index (χ2n) is 4.65. The third-order valence-electron chi connectivity index (χ3n) is 2.61. The standard InChI is InChI=1S/C13H19ClN2O/c1-9(2)6-7-16(3)13(17)11-8-10(15)4-5-12(11)14/h4-5,8-9H,6-7,15H2,1-3H3. The molecule has 0 atom stereocenters. The zero-order chi connectivity index (χ0) is 13.0. The van der Waals surface area contributed by atoms with Gasteiger partial charge in [-0.25, -0.2) is 0 Å². The largest absolute Gasteiger partial charge is 0.399 e. The summed E-state index contributed by atoms with van der Waals surface area (Å²) >= 11 is 5.99. The van der Waals surface area contributed by atoms with Crippen LogP contribution < -0.4 is 5.73 Å². The molecule has 1 aromatic carbocycles. The van der Waals surface area contributed by atoms with E-state index in [0.717, 1.165) is 13.0 Å². The van der Waals surface area contributed by atoms with Crippen molar-refractivity contribution >= 4 is 23.2 Å². The lowest BCUT2D eigenvalue weighted by atomic mass is 10.1. The molecule has 0 heterocycles. The first-order valence-electron chi connectivity index (χ1n) is 5.72. The lowest BCUT2D eigenvalue weighted by Crippen LogP contribution is -2.28. The Morgan fingerprint density at radius 3 is 2.71 bits per heavy atom. The highest BCUT2D eigenvalue weighted by molar-refractivity contribution is 6.33. The smallest absolute Gasteiger partial charge is 0.255 e. The lowest BCUT2D eigenvalue weighted by Gasteiger charge is -2.19. The Balaban J connectivity index is 2.78. The van der Waals surface area contributed by atoms with E-state index in [0.29, 0.717) is 22.2 Å². The van der Waals surface area contributed by atoms with Crippen LogP contribution in [0.15, 0.2) is 18.2 Å². The first-order chi connectivity index (χ1) is 7.91. The van der Waals surface area contributed by atoms with Crippen LogP contribution in [0.4, 0.5) is 5.69 Å². The molecule has 1 rings (SSSR count). The summed E-state index contributed by atoms with van der Waals surface area (Å²) in [7, 11) is 1.78. The van der Waals surface area contributed by atoms with Gasteiger partial charge >= 0.3 is 0 Å². The molecular formula is C13H19ClN2O. The van der Waals surface area contributed by atoms with Crippen LogP contribution >= 0.6 is 11.6 Å². The molecule has 0 aliphatic carbocycles. The molecule has 17 heavy (non-hydrogen) atoms. The monoisotopic (exact) mass is 254 g/mol. The number of carbonyl (C=O) groups is 1. The van der Waals surface area contributed by atoms with Crippen LogP contribution in [0.3, 0.4) is 0 Å². The van der Waals surface area contributed by atoms with Crippen LogP contribution in [0.2, 0.25) is 5.02 Å². The van der Waals surface area contributed by atoms with Gasteiger partial charge in [0.1, 0.15) is 0 Å². The highest BCUT2D eigenvalue weighted by Gasteiger charge is 2.15. The maximum absolute atomic E-state index is 12.1. The van der Waals surface area contributed by atoms with Gasteiger partial charge < -0.3 is 10.6 Å². The van der Waals surface area contributed by atoms with Gasteiger partial charge in [-0.15, -0.1) is 0 Å². The number of hydrogen-bond donors (Lipinski definition) is 1. The second-order valence-corrected chi connectivity index (χ2v) is 5.06. The number of rotatable bonds is 4. The number of nitrogens with two attached hydrogens (primary N) is 1. The summed E-state index contributed by atoms with van der Waals surface area (Å²) in [5.74, 6) is 0.490. The third kappa shape index (κ3) is 3.93. The summed E-state index contributed by atoms with van der Waals surface area (Å²) in [4.78, 5) is 13.8. The summed E-state index contributed by atoms with van der Waals surface area (Å²) in [5.41, 5.74) is 6.68. The first kappa shape index (κ1) is 13.8. The number of benzene rings is 1. The van der Waals surface area contributed by atoms with E-state index in [1.807, 2.05) is 0 Å². The molecule has 0 aliphatic heterocycles. The van der Waals surface area contributed by atoms with Crippen molar-refractivity contribution in [1.29, 1.82) is 0 Å². The fraction of sp³-hybridized carbons (Fsp3) is 0.462. The molecule has 1 amide bonds. The Kier molecular flexibility index (Phi) is 4.82. The second kappa shape index (κ2) is 5.92. The molecule has 0 fully saturated rings. The topological polar surface area (TPSA) is 46.3 Å². The fourth-order valence-corrected chi connectivity index (χ4v) is 1.66. The van der Waals surface area contributed by atoms with Crippen molar-refractivity contribution in [1.82, 2.24) is 4.90 Å². The number of carbonyl (C=O) groups excluding carboxylic acids is 1. The zero-order valence-electron chi connectivity index (χ0n) is 10.5. The van der Waals surface area contributed by atoms with Gasteiger partial charge in [0.15, 0.2) is 0 Å². The van der Waals surface area contributed by atoms with E-state index in [-0.39, 0.29) is 5.91 Å². The van der Waals surface area contributed by atoms with Gasteiger partial charge in [0.25, 0.3) is 5.91 Å². The highest BCUT2D eigenvalue weighted by atomic mass is 35.5. The molecule has 0 spiro atoms. The number of nitrogen functional groups attached to an aromatic ring is 1. The van der Waals surface area contributed by atoms with Crippen molar-refractivity contribution in [3.05, 3.63) is 28.8 Å². The van der Waals surface area contributed by atoms with Crippen molar-refractivity contribution in [2.24, 2.45) is 5.92 Å². The Labute approximate surface area is 108 Å². The van der Waals surface area contributed by atoms with Crippen LogP contribution in [-0.4, -0.2) is 24.4 Å². The summed E-state index contributed by atoms with van der Waals surface area (Å²) < 4.78 is 0. The minimum absolute atomic E-state index is 0.0806. The molecule has 1 aromatic rings. The molecular weight excluding hydrogens is 236 g/mol. The molecule has 3 nitrogen and oxygen atoms in total. The highest BCUT2D eigenvalue weighted by Crippen LogP contribution is 2.20. The average molecular weight is 255 g/mol. The Morgan fingerprint density at radius 1 is 1.47 bits per heavy atom. The van der Waals surface area contributed by atoms with Crippen molar-refractivity contribution in [2.45, 2.75) is 20.3 Å². The van der Waals surface area contributed by atoms with Gasteiger partial charge in [-0.1, -0.05) is 25.4 Å². The van der Waals surface area contributed by atoms with Crippen LogP contribution in [0, 0.1) is 5.92 Å². The number of halogens is 1.